The van der Waals surface area contributed by atoms with Gasteiger partial charge < -0.3 is 18.9 Å². The minimum atomic E-state index is -0.293. The van der Waals surface area contributed by atoms with E-state index >= 15 is 0 Å². The average molecular weight is 366 g/mol. The van der Waals surface area contributed by atoms with E-state index < -0.39 is 0 Å². The molecule has 0 aliphatic rings. The lowest BCUT2D eigenvalue weighted by Crippen LogP contribution is -2.09. The van der Waals surface area contributed by atoms with E-state index in [1.54, 1.807) is 33.5 Å². The topological polar surface area (TPSA) is 54.0 Å². The van der Waals surface area contributed by atoms with Crippen LogP contribution < -0.4 is 18.9 Å². The van der Waals surface area contributed by atoms with Crippen molar-refractivity contribution in [2.75, 3.05) is 21.3 Å². The summed E-state index contributed by atoms with van der Waals surface area (Å²) in [5.74, 6) is 2.38. The Balaban J connectivity index is 1.66. The van der Waals surface area contributed by atoms with Crippen LogP contribution in [0.2, 0.25) is 0 Å². The van der Waals surface area contributed by atoms with Gasteiger partial charge >= 0.3 is 5.97 Å². The van der Waals surface area contributed by atoms with Crippen LogP contribution in [-0.4, -0.2) is 27.3 Å². The molecule has 140 valence electrons. The lowest BCUT2D eigenvalue weighted by Gasteiger charge is -2.09. The van der Waals surface area contributed by atoms with E-state index in [-0.39, 0.29) is 12.4 Å². The van der Waals surface area contributed by atoms with E-state index in [4.69, 9.17) is 18.9 Å². The van der Waals surface area contributed by atoms with Crippen LogP contribution in [0.5, 0.6) is 23.0 Å². The van der Waals surface area contributed by atoms with Gasteiger partial charge in [-0.3, -0.25) is 4.79 Å². The summed E-state index contributed by atoms with van der Waals surface area (Å²) in [4.78, 5) is 12.2. The number of esters is 1. The van der Waals surface area contributed by atoms with E-state index in [1.165, 1.54) is 0 Å². The van der Waals surface area contributed by atoms with E-state index in [9.17, 15) is 4.79 Å². The third kappa shape index (κ3) is 4.70. The Kier molecular flexibility index (Phi) is 5.81. The van der Waals surface area contributed by atoms with Gasteiger partial charge in [0.25, 0.3) is 0 Å². The summed E-state index contributed by atoms with van der Waals surface area (Å²) in [6, 6.07) is 16.9. The molecular formula is C22H22O5. The number of hydrogen-bond acceptors (Lipinski definition) is 5. The molecule has 0 amide bonds. The molecule has 5 nitrogen and oxygen atoms in total. The first kappa shape index (κ1) is 18.6. The molecule has 0 radical (unpaired) electrons. The Labute approximate surface area is 158 Å². The Morgan fingerprint density at radius 3 is 1.93 bits per heavy atom. The normalized spacial score (nSPS) is 10.5. The maximum Gasteiger partial charge on any atom is 0.311 e. The molecule has 0 aromatic heterocycles. The van der Waals surface area contributed by atoms with Crippen molar-refractivity contribution in [3.63, 3.8) is 0 Å². The molecule has 0 heterocycles. The molecule has 0 atom stereocenters. The zero-order chi connectivity index (χ0) is 19.2. The van der Waals surface area contributed by atoms with Crippen molar-refractivity contribution in [3.05, 3.63) is 60.2 Å². The van der Waals surface area contributed by atoms with Crippen molar-refractivity contribution < 1.29 is 23.7 Å². The van der Waals surface area contributed by atoms with Crippen LogP contribution in [0.4, 0.5) is 0 Å². The quantitative estimate of drug-likeness (QED) is 0.458. The minimum Gasteiger partial charge on any atom is -0.497 e. The van der Waals surface area contributed by atoms with Gasteiger partial charge in [0.1, 0.15) is 23.0 Å². The molecule has 3 aromatic rings. The van der Waals surface area contributed by atoms with E-state index in [2.05, 4.69) is 0 Å². The molecule has 0 aliphatic heterocycles. The number of aryl methyl sites for hydroxylation is 1. The van der Waals surface area contributed by atoms with Gasteiger partial charge in [-0.25, -0.2) is 0 Å². The fraction of sp³-hybridized carbons (Fsp3) is 0.227. The highest BCUT2D eigenvalue weighted by atomic mass is 16.5. The molecule has 0 unspecified atom stereocenters. The summed E-state index contributed by atoms with van der Waals surface area (Å²) in [7, 11) is 4.82. The van der Waals surface area contributed by atoms with Gasteiger partial charge in [0, 0.05) is 12.5 Å². The number of rotatable bonds is 7. The van der Waals surface area contributed by atoms with Crippen molar-refractivity contribution in [3.8, 4) is 23.0 Å². The van der Waals surface area contributed by atoms with Gasteiger partial charge in [-0.1, -0.05) is 12.1 Å². The summed E-state index contributed by atoms with van der Waals surface area (Å²) in [6.45, 7) is 0. The van der Waals surface area contributed by atoms with Crippen molar-refractivity contribution in [2.24, 2.45) is 0 Å². The van der Waals surface area contributed by atoms with Crippen LogP contribution in [0, 0.1) is 0 Å². The van der Waals surface area contributed by atoms with Gasteiger partial charge in [-0.05, 0) is 59.2 Å². The van der Waals surface area contributed by atoms with Crippen LogP contribution >= 0.6 is 0 Å². The van der Waals surface area contributed by atoms with Crippen molar-refractivity contribution in [1.29, 1.82) is 0 Å². The van der Waals surface area contributed by atoms with Crippen LogP contribution in [-0.2, 0) is 11.2 Å². The molecule has 0 N–H and O–H groups in total. The summed E-state index contributed by atoms with van der Waals surface area (Å²) in [5.41, 5.74) is 0.950. The summed E-state index contributed by atoms with van der Waals surface area (Å²) >= 11 is 0. The van der Waals surface area contributed by atoms with Crippen LogP contribution in [0.25, 0.3) is 10.8 Å². The zero-order valence-electron chi connectivity index (χ0n) is 15.7. The first-order valence-corrected chi connectivity index (χ1v) is 8.61. The molecule has 0 aliphatic carbocycles. The fourth-order valence-corrected chi connectivity index (χ4v) is 2.83. The van der Waals surface area contributed by atoms with Crippen LogP contribution in [0.3, 0.4) is 0 Å². The van der Waals surface area contributed by atoms with Gasteiger partial charge in [0.2, 0.25) is 0 Å². The predicted octanol–water partition coefficient (Wildman–Crippen LogP) is 4.40. The highest BCUT2D eigenvalue weighted by Gasteiger charge is 2.09. The smallest absolute Gasteiger partial charge is 0.311 e. The van der Waals surface area contributed by atoms with Gasteiger partial charge in [-0.15, -0.1) is 0 Å². The summed E-state index contributed by atoms with van der Waals surface area (Å²) < 4.78 is 21.2. The standard InChI is InChI=1S/C22H22O5/c1-24-18-7-5-16-6-8-19(13-17(16)12-18)27-22(23)9-4-15-10-20(25-2)14-21(11-15)26-3/h5-8,10-14H,4,9H2,1-3H3. The molecule has 3 aromatic carbocycles. The second kappa shape index (κ2) is 8.45. The Morgan fingerprint density at radius 2 is 1.30 bits per heavy atom. The SMILES string of the molecule is COc1cc(CCC(=O)Oc2ccc3ccc(OC)cc3c2)cc(OC)c1. The Bertz CT molecular complexity index is 926. The highest BCUT2D eigenvalue weighted by molar-refractivity contribution is 5.86. The average Bonchev–Trinajstić information content (AvgIpc) is 2.71. The molecule has 27 heavy (non-hydrogen) atoms. The summed E-state index contributed by atoms with van der Waals surface area (Å²) in [6.07, 6.45) is 0.792. The number of benzene rings is 3. The number of methoxy groups -OCH3 is 3. The first-order chi connectivity index (χ1) is 13.1. The molecule has 0 fully saturated rings. The van der Waals surface area contributed by atoms with Gasteiger partial charge in [0.05, 0.1) is 21.3 Å². The maximum absolute atomic E-state index is 12.2. The third-order valence-electron chi connectivity index (χ3n) is 4.28. The number of hydrogen-bond donors (Lipinski definition) is 0. The minimum absolute atomic E-state index is 0.256. The maximum atomic E-state index is 12.2. The Hall–Kier alpha value is -3.21. The van der Waals surface area contributed by atoms with Crippen LogP contribution in [0.1, 0.15) is 12.0 Å². The number of ether oxygens (including phenoxy) is 4. The second-order valence-electron chi connectivity index (χ2n) is 6.07. The predicted molar refractivity (Wildman–Crippen MR) is 104 cm³/mol. The van der Waals surface area contributed by atoms with Crippen molar-refractivity contribution in [2.45, 2.75) is 12.8 Å². The highest BCUT2D eigenvalue weighted by Crippen LogP contribution is 2.26. The van der Waals surface area contributed by atoms with Gasteiger partial charge in [0.15, 0.2) is 0 Å². The Morgan fingerprint density at radius 1 is 0.704 bits per heavy atom. The fourth-order valence-electron chi connectivity index (χ4n) is 2.83. The molecule has 0 saturated heterocycles. The largest absolute Gasteiger partial charge is 0.497 e. The first-order valence-electron chi connectivity index (χ1n) is 8.61. The van der Waals surface area contributed by atoms with E-state index in [1.807, 2.05) is 42.5 Å². The number of carbonyl (C=O) groups is 1. The third-order valence-corrected chi connectivity index (χ3v) is 4.28. The molecular weight excluding hydrogens is 344 g/mol. The van der Waals surface area contributed by atoms with E-state index in [0.29, 0.717) is 23.7 Å². The lowest BCUT2D eigenvalue weighted by molar-refractivity contribution is -0.134. The second-order valence-corrected chi connectivity index (χ2v) is 6.07. The molecule has 0 spiro atoms. The summed E-state index contributed by atoms with van der Waals surface area (Å²) in [5, 5.41) is 2.01. The lowest BCUT2D eigenvalue weighted by atomic mass is 10.1. The number of fused-ring (bicyclic) bond motifs is 1. The molecule has 5 heteroatoms. The van der Waals surface area contributed by atoms with Gasteiger partial charge in [-0.2, -0.15) is 0 Å². The van der Waals surface area contributed by atoms with E-state index in [0.717, 1.165) is 22.1 Å². The molecule has 0 bridgehead atoms. The monoisotopic (exact) mass is 366 g/mol. The zero-order valence-corrected chi connectivity index (χ0v) is 15.7. The number of carbonyl (C=O) groups excluding carboxylic acids is 1. The van der Waals surface area contributed by atoms with Crippen LogP contribution in [0.15, 0.2) is 54.6 Å². The molecule has 3 rings (SSSR count). The molecule has 0 saturated carbocycles. The van der Waals surface area contributed by atoms with Crippen molar-refractivity contribution >= 4 is 16.7 Å². The van der Waals surface area contributed by atoms with Crippen molar-refractivity contribution in [1.82, 2.24) is 0 Å².